The summed E-state index contributed by atoms with van der Waals surface area (Å²) in [5, 5.41) is 4.64. The summed E-state index contributed by atoms with van der Waals surface area (Å²) in [6.07, 6.45) is 5.71. The van der Waals surface area contributed by atoms with Gasteiger partial charge in [0.15, 0.2) is 0 Å². The summed E-state index contributed by atoms with van der Waals surface area (Å²) >= 11 is 14.2. The SMILES string of the molecule is CC(C)Oc1c(Cl)cc(Cl)cc1C=Nc1sc2c(c1C(=O)Nc1ccccc1)CCCC2. The maximum Gasteiger partial charge on any atom is 0.259 e. The fourth-order valence-electron chi connectivity index (χ4n) is 3.76. The van der Waals surface area contributed by atoms with Gasteiger partial charge in [-0.2, -0.15) is 0 Å². The Morgan fingerprint density at radius 2 is 1.91 bits per heavy atom. The van der Waals surface area contributed by atoms with Crippen LogP contribution in [0.25, 0.3) is 0 Å². The number of hydrogen-bond acceptors (Lipinski definition) is 4. The number of carbonyl (C=O) groups excluding carboxylic acids is 1. The van der Waals surface area contributed by atoms with Crippen molar-refractivity contribution in [3.8, 4) is 5.75 Å². The van der Waals surface area contributed by atoms with Crippen LogP contribution in [-0.4, -0.2) is 18.2 Å². The van der Waals surface area contributed by atoms with Gasteiger partial charge in [-0.25, -0.2) is 4.99 Å². The smallest absolute Gasteiger partial charge is 0.259 e. The van der Waals surface area contributed by atoms with Crippen molar-refractivity contribution in [3.05, 3.63) is 74.1 Å². The third-order valence-corrected chi connectivity index (χ3v) is 6.82. The molecule has 0 aliphatic heterocycles. The van der Waals surface area contributed by atoms with Crippen LogP contribution in [0.3, 0.4) is 0 Å². The number of para-hydroxylation sites is 1. The van der Waals surface area contributed by atoms with E-state index in [1.54, 1.807) is 29.7 Å². The van der Waals surface area contributed by atoms with Gasteiger partial charge in [0.25, 0.3) is 5.91 Å². The number of nitrogens with one attached hydrogen (secondary N) is 1. The highest BCUT2D eigenvalue weighted by atomic mass is 35.5. The third kappa shape index (κ3) is 5.17. The first kappa shape index (κ1) is 22.8. The number of aryl methyl sites for hydroxylation is 1. The van der Waals surface area contributed by atoms with Gasteiger partial charge >= 0.3 is 0 Å². The molecule has 0 saturated heterocycles. The predicted molar refractivity (Wildman–Crippen MR) is 135 cm³/mol. The zero-order valence-corrected chi connectivity index (χ0v) is 20.3. The minimum atomic E-state index is -0.134. The Kier molecular flexibility index (Phi) is 7.19. The Bertz CT molecular complexity index is 1160. The molecule has 1 amide bonds. The minimum absolute atomic E-state index is 0.0536. The van der Waals surface area contributed by atoms with E-state index in [1.165, 1.54) is 4.88 Å². The number of benzene rings is 2. The predicted octanol–water partition coefficient (Wildman–Crippen LogP) is 7.72. The van der Waals surface area contributed by atoms with Crippen molar-refractivity contribution in [1.82, 2.24) is 0 Å². The average molecular weight is 487 g/mol. The van der Waals surface area contributed by atoms with E-state index in [4.69, 9.17) is 32.9 Å². The number of nitrogens with zero attached hydrogens (tertiary/aromatic N) is 1. The van der Waals surface area contributed by atoms with Gasteiger partial charge in [-0.05, 0) is 69.4 Å². The Morgan fingerprint density at radius 3 is 2.66 bits per heavy atom. The minimum Gasteiger partial charge on any atom is -0.489 e. The van der Waals surface area contributed by atoms with Crippen molar-refractivity contribution in [2.45, 2.75) is 45.6 Å². The Balaban J connectivity index is 1.72. The molecule has 0 atom stereocenters. The van der Waals surface area contributed by atoms with Crippen molar-refractivity contribution in [2.24, 2.45) is 4.99 Å². The number of ether oxygens (including phenoxy) is 1. The molecule has 1 aliphatic rings. The van der Waals surface area contributed by atoms with E-state index in [0.717, 1.165) is 36.9 Å². The van der Waals surface area contributed by atoms with Gasteiger partial charge in [-0.1, -0.05) is 41.4 Å². The van der Waals surface area contributed by atoms with Crippen LogP contribution >= 0.6 is 34.5 Å². The van der Waals surface area contributed by atoms with Crippen LogP contribution in [0.2, 0.25) is 10.0 Å². The quantitative estimate of drug-likeness (QED) is 0.362. The van der Waals surface area contributed by atoms with E-state index in [-0.39, 0.29) is 12.0 Å². The molecule has 4 rings (SSSR count). The summed E-state index contributed by atoms with van der Waals surface area (Å²) in [5.41, 5.74) is 3.21. The summed E-state index contributed by atoms with van der Waals surface area (Å²) in [7, 11) is 0. The van der Waals surface area contributed by atoms with E-state index in [9.17, 15) is 4.79 Å². The molecule has 0 unspecified atom stereocenters. The third-order valence-electron chi connectivity index (χ3n) is 5.12. The number of aliphatic imine (C=N–C) groups is 1. The van der Waals surface area contributed by atoms with E-state index in [0.29, 0.717) is 31.9 Å². The van der Waals surface area contributed by atoms with E-state index >= 15 is 0 Å². The molecule has 0 fully saturated rings. The molecule has 2 aromatic carbocycles. The molecule has 1 aromatic heterocycles. The molecule has 0 radical (unpaired) electrons. The van der Waals surface area contributed by atoms with Crippen molar-refractivity contribution in [2.75, 3.05) is 5.32 Å². The Morgan fingerprint density at radius 1 is 1.16 bits per heavy atom. The fourth-order valence-corrected chi connectivity index (χ4v) is 5.54. The first-order chi connectivity index (χ1) is 15.4. The van der Waals surface area contributed by atoms with Crippen molar-refractivity contribution < 1.29 is 9.53 Å². The molecule has 166 valence electrons. The number of amides is 1. The monoisotopic (exact) mass is 486 g/mol. The van der Waals surface area contributed by atoms with Crippen molar-refractivity contribution in [3.63, 3.8) is 0 Å². The molecule has 0 spiro atoms. The summed E-state index contributed by atoms with van der Waals surface area (Å²) in [5.74, 6) is 0.400. The number of anilines is 1. The van der Waals surface area contributed by atoms with Crippen LogP contribution in [0.4, 0.5) is 10.7 Å². The zero-order valence-electron chi connectivity index (χ0n) is 18.0. The molecule has 1 aliphatic carbocycles. The van der Waals surface area contributed by atoms with Crippen LogP contribution in [0.1, 0.15) is 53.1 Å². The van der Waals surface area contributed by atoms with Crippen molar-refractivity contribution >= 4 is 57.3 Å². The lowest BCUT2D eigenvalue weighted by molar-refractivity contribution is 0.102. The number of halogens is 2. The Hall–Kier alpha value is -2.34. The van der Waals surface area contributed by atoms with E-state index < -0.39 is 0 Å². The molecule has 1 N–H and O–H groups in total. The van der Waals surface area contributed by atoms with E-state index in [2.05, 4.69) is 5.32 Å². The van der Waals surface area contributed by atoms with Gasteiger partial charge in [0.05, 0.1) is 16.7 Å². The van der Waals surface area contributed by atoms with Crippen LogP contribution < -0.4 is 10.1 Å². The molecule has 0 saturated carbocycles. The highest BCUT2D eigenvalue weighted by Gasteiger charge is 2.25. The molecular formula is C25H24Cl2N2O2S. The second-order valence-electron chi connectivity index (χ2n) is 7.94. The summed E-state index contributed by atoms with van der Waals surface area (Å²) < 4.78 is 5.90. The first-order valence-electron chi connectivity index (χ1n) is 10.6. The molecule has 1 heterocycles. The highest BCUT2D eigenvalue weighted by Crippen LogP contribution is 2.41. The lowest BCUT2D eigenvalue weighted by Gasteiger charge is -2.14. The van der Waals surface area contributed by atoms with E-state index in [1.807, 2.05) is 44.2 Å². The molecular weight excluding hydrogens is 463 g/mol. The van der Waals surface area contributed by atoms with Gasteiger partial charge in [0.1, 0.15) is 10.8 Å². The lowest BCUT2D eigenvalue weighted by atomic mass is 9.95. The van der Waals surface area contributed by atoms with Gasteiger partial charge in [-0.15, -0.1) is 11.3 Å². The molecule has 32 heavy (non-hydrogen) atoms. The summed E-state index contributed by atoms with van der Waals surface area (Å²) in [6.45, 7) is 3.87. The summed E-state index contributed by atoms with van der Waals surface area (Å²) in [6, 6.07) is 12.9. The Labute approximate surface area is 202 Å². The second kappa shape index (κ2) is 10.1. The number of rotatable bonds is 6. The molecule has 7 heteroatoms. The van der Waals surface area contributed by atoms with Crippen LogP contribution in [0, 0.1) is 0 Å². The van der Waals surface area contributed by atoms with Gasteiger partial charge in [0, 0.05) is 27.4 Å². The largest absolute Gasteiger partial charge is 0.489 e. The average Bonchev–Trinajstić information content (AvgIpc) is 3.13. The number of hydrogen-bond donors (Lipinski definition) is 1. The standard InChI is InChI=1S/C25H24Cl2N2O2S/c1-15(2)31-23-16(12-17(26)13-20(23)27)14-28-25-22(19-10-6-7-11-21(19)32-25)24(30)29-18-8-4-3-5-9-18/h3-5,8-9,12-15H,6-7,10-11H2,1-2H3,(H,29,30). The first-order valence-corrected chi connectivity index (χ1v) is 12.2. The van der Waals surface area contributed by atoms with Gasteiger partial charge in [0.2, 0.25) is 0 Å². The normalized spacial score (nSPS) is 13.4. The molecule has 0 bridgehead atoms. The van der Waals surface area contributed by atoms with Crippen LogP contribution in [0.5, 0.6) is 5.75 Å². The van der Waals surface area contributed by atoms with Gasteiger partial charge in [-0.3, -0.25) is 4.79 Å². The van der Waals surface area contributed by atoms with Gasteiger partial charge < -0.3 is 10.1 Å². The maximum absolute atomic E-state index is 13.3. The van der Waals surface area contributed by atoms with Crippen LogP contribution in [0.15, 0.2) is 47.5 Å². The highest BCUT2D eigenvalue weighted by molar-refractivity contribution is 7.16. The molecule has 4 nitrogen and oxygen atoms in total. The number of carbonyl (C=O) groups is 1. The summed E-state index contributed by atoms with van der Waals surface area (Å²) in [4.78, 5) is 19.2. The maximum atomic E-state index is 13.3. The number of fused-ring (bicyclic) bond motifs is 1. The molecule has 3 aromatic rings. The lowest BCUT2D eigenvalue weighted by Crippen LogP contribution is -2.14. The topological polar surface area (TPSA) is 50.7 Å². The van der Waals surface area contributed by atoms with Crippen LogP contribution in [-0.2, 0) is 12.8 Å². The zero-order chi connectivity index (χ0) is 22.7. The second-order valence-corrected chi connectivity index (χ2v) is 9.87. The fraction of sp³-hybridized carbons (Fsp3) is 0.280. The number of thiophene rings is 1. The van der Waals surface area contributed by atoms with Crippen molar-refractivity contribution in [1.29, 1.82) is 0 Å².